The molecule has 1 aromatic carbocycles. The average molecular weight is 333 g/mol. The van der Waals surface area contributed by atoms with Crippen LogP contribution < -0.4 is 5.32 Å². The summed E-state index contributed by atoms with van der Waals surface area (Å²) in [5.41, 5.74) is 1.98. The summed E-state index contributed by atoms with van der Waals surface area (Å²) in [4.78, 5) is 11.6. The predicted molar refractivity (Wildman–Crippen MR) is 88.7 cm³/mol. The minimum Gasteiger partial charge on any atom is -0.326 e. The summed E-state index contributed by atoms with van der Waals surface area (Å²) in [5, 5.41) is 10.6. The molecule has 1 N–H and O–H groups in total. The Morgan fingerprint density at radius 1 is 1.13 bits per heavy atom. The molecule has 0 aliphatic heterocycles. The second-order valence-corrected chi connectivity index (χ2v) is 7.26. The SMILES string of the molecule is CCCC(=O)Nc1cccc(-c2ccc(S(=O)(=O)CC)nn2)c1. The molecule has 0 aliphatic carbocycles. The van der Waals surface area contributed by atoms with Gasteiger partial charge >= 0.3 is 0 Å². The second kappa shape index (κ2) is 7.32. The van der Waals surface area contributed by atoms with Crippen molar-refractivity contribution in [2.75, 3.05) is 11.1 Å². The summed E-state index contributed by atoms with van der Waals surface area (Å²) >= 11 is 0. The van der Waals surface area contributed by atoms with Gasteiger partial charge in [-0.3, -0.25) is 4.79 Å². The van der Waals surface area contributed by atoms with Crippen molar-refractivity contribution < 1.29 is 13.2 Å². The number of benzene rings is 1. The third kappa shape index (κ3) is 4.35. The zero-order chi connectivity index (χ0) is 16.9. The molecule has 1 heterocycles. The lowest BCUT2D eigenvalue weighted by Crippen LogP contribution is -2.10. The molecule has 0 fully saturated rings. The van der Waals surface area contributed by atoms with Gasteiger partial charge in [0.25, 0.3) is 0 Å². The van der Waals surface area contributed by atoms with Crippen molar-refractivity contribution in [2.45, 2.75) is 31.7 Å². The fourth-order valence-electron chi connectivity index (χ4n) is 1.99. The summed E-state index contributed by atoms with van der Waals surface area (Å²) in [5.74, 6) is -0.0555. The Kier molecular flexibility index (Phi) is 5.44. The van der Waals surface area contributed by atoms with Crippen LogP contribution in [0.25, 0.3) is 11.3 Å². The van der Waals surface area contributed by atoms with E-state index in [2.05, 4.69) is 15.5 Å². The highest BCUT2D eigenvalue weighted by atomic mass is 32.2. The van der Waals surface area contributed by atoms with Crippen LogP contribution in [0.15, 0.2) is 41.4 Å². The molecule has 0 radical (unpaired) electrons. The molecule has 0 atom stereocenters. The van der Waals surface area contributed by atoms with Crippen molar-refractivity contribution in [2.24, 2.45) is 0 Å². The number of rotatable bonds is 6. The van der Waals surface area contributed by atoms with Gasteiger partial charge in [0, 0.05) is 17.7 Å². The van der Waals surface area contributed by atoms with E-state index in [4.69, 9.17) is 0 Å². The molecule has 0 aliphatic rings. The molecule has 0 saturated carbocycles. The highest BCUT2D eigenvalue weighted by molar-refractivity contribution is 7.91. The Labute approximate surface area is 135 Å². The van der Waals surface area contributed by atoms with E-state index in [1.54, 1.807) is 31.2 Å². The third-order valence-corrected chi connectivity index (χ3v) is 4.87. The first-order chi connectivity index (χ1) is 11.0. The molecule has 2 rings (SSSR count). The fraction of sp³-hybridized carbons (Fsp3) is 0.312. The maximum Gasteiger partial charge on any atom is 0.224 e. The maximum absolute atomic E-state index is 11.7. The van der Waals surface area contributed by atoms with Gasteiger partial charge < -0.3 is 5.32 Å². The van der Waals surface area contributed by atoms with Gasteiger partial charge in [-0.2, -0.15) is 0 Å². The quantitative estimate of drug-likeness (QED) is 0.878. The topological polar surface area (TPSA) is 89.0 Å². The number of aromatic nitrogens is 2. The Morgan fingerprint density at radius 3 is 2.52 bits per heavy atom. The highest BCUT2D eigenvalue weighted by Gasteiger charge is 2.14. The summed E-state index contributed by atoms with van der Waals surface area (Å²) < 4.78 is 23.5. The van der Waals surface area contributed by atoms with E-state index >= 15 is 0 Å². The molecule has 7 heteroatoms. The first-order valence-electron chi connectivity index (χ1n) is 7.43. The summed E-state index contributed by atoms with van der Waals surface area (Å²) in [6.07, 6.45) is 1.25. The average Bonchev–Trinajstić information content (AvgIpc) is 2.55. The van der Waals surface area contributed by atoms with Gasteiger partial charge in [-0.1, -0.05) is 26.0 Å². The van der Waals surface area contributed by atoms with Gasteiger partial charge in [0.2, 0.25) is 5.91 Å². The number of amides is 1. The molecule has 1 amide bonds. The Balaban J connectivity index is 2.24. The molecular formula is C16H19N3O3S. The molecule has 0 unspecified atom stereocenters. The van der Waals surface area contributed by atoms with E-state index in [-0.39, 0.29) is 16.7 Å². The molecule has 122 valence electrons. The van der Waals surface area contributed by atoms with Crippen LogP contribution in [-0.2, 0) is 14.6 Å². The van der Waals surface area contributed by atoms with E-state index in [1.807, 2.05) is 13.0 Å². The zero-order valence-electron chi connectivity index (χ0n) is 13.1. The molecule has 1 aromatic heterocycles. The van der Waals surface area contributed by atoms with E-state index in [0.29, 0.717) is 17.8 Å². The Morgan fingerprint density at radius 2 is 1.91 bits per heavy atom. The van der Waals surface area contributed by atoms with Crippen LogP contribution in [0.1, 0.15) is 26.7 Å². The number of hydrogen-bond acceptors (Lipinski definition) is 5. The number of anilines is 1. The lowest BCUT2D eigenvalue weighted by Gasteiger charge is -2.07. The van der Waals surface area contributed by atoms with E-state index in [0.717, 1.165) is 12.0 Å². The molecular weight excluding hydrogens is 314 g/mol. The van der Waals surface area contributed by atoms with Crippen molar-refractivity contribution in [1.29, 1.82) is 0 Å². The molecule has 6 nitrogen and oxygen atoms in total. The maximum atomic E-state index is 11.7. The smallest absolute Gasteiger partial charge is 0.224 e. The fourth-order valence-corrected chi connectivity index (χ4v) is 2.73. The first-order valence-corrected chi connectivity index (χ1v) is 9.08. The van der Waals surface area contributed by atoms with Crippen LogP contribution in [0.2, 0.25) is 0 Å². The number of carbonyl (C=O) groups is 1. The summed E-state index contributed by atoms with van der Waals surface area (Å²) in [7, 11) is -3.36. The zero-order valence-corrected chi connectivity index (χ0v) is 13.9. The highest BCUT2D eigenvalue weighted by Crippen LogP contribution is 2.21. The van der Waals surface area contributed by atoms with Crippen molar-refractivity contribution in [3.8, 4) is 11.3 Å². The van der Waals surface area contributed by atoms with Gasteiger partial charge in [0.1, 0.15) is 0 Å². The van der Waals surface area contributed by atoms with Crippen molar-refractivity contribution in [3.63, 3.8) is 0 Å². The van der Waals surface area contributed by atoms with Gasteiger partial charge in [-0.05, 0) is 30.7 Å². The normalized spacial score (nSPS) is 11.2. The van der Waals surface area contributed by atoms with E-state index in [9.17, 15) is 13.2 Å². The molecule has 23 heavy (non-hydrogen) atoms. The van der Waals surface area contributed by atoms with Crippen LogP contribution in [0.4, 0.5) is 5.69 Å². The van der Waals surface area contributed by atoms with E-state index < -0.39 is 9.84 Å². The minimum atomic E-state index is -3.36. The van der Waals surface area contributed by atoms with Gasteiger partial charge in [-0.25, -0.2) is 8.42 Å². The molecule has 0 spiro atoms. The van der Waals surface area contributed by atoms with Crippen LogP contribution in [0.3, 0.4) is 0 Å². The largest absolute Gasteiger partial charge is 0.326 e. The monoisotopic (exact) mass is 333 g/mol. The van der Waals surface area contributed by atoms with E-state index in [1.165, 1.54) is 6.07 Å². The number of carbonyl (C=O) groups excluding carboxylic acids is 1. The standard InChI is InChI=1S/C16H19N3O3S/c1-3-6-15(20)17-13-8-5-7-12(11-13)14-9-10-16(19-18-14)23(21,22)4-2/h5,7-11H,3-4,6H2,1-2H3,(H,17,20). The summed E-state index contributed by atoms with van der Waals surface area (Å²) in [6.45, 7) is 3.50. The second-order valence-electron chi connectivity index (χ2n) is 5.04. The molecule has 0 bridgehead atoms. The van der Waals surface area contributed by atoms with Crippen LogP contribution in [0, 0.1) is 0 Å². The predicted octanol–water partition coefficient (Wildman–Crippen LogP) is 2.68. The number of hydrogen-bond donors (Lipinski definition) is 1. The third-order valence-electron chi connectivity index (χ3n) is 3.26. The lowest BCUT2D eigenvalue weighted by molar-refractivity contribution is -0.116. The van der Waals surface area contributed by atoms with Gasteiger partial charge in [0.05, 0.1) is 11.4 Å². The lowest BCUT2D eigenvalue weighted by atomic mass is 10.1. The van der Waals surface area contributed by atoms with Crippen LogP contribution in [-0.4, -0.2) is 30.3 Å². The van der Waals surface area contributed by atoms with Crippen molar-refractivity contribution in [1.82, 2.24) is 10.2 Å². The van der Waals surface area contributed by atoms with Gasteiger partial charge in [0.15, 0.2) is 14.9 Å². The van der Waals surface area contributed by atoms with Gasteiger partial charge in [-0.15, -0.1) is 10.2 Å². The summed E-state index contributed by atoms with van der Waals surface area (Å²) in [6, 6.07) is 10.3. The van der Waals surface area contributed by atoms with Crippen molar-refractivity contribution in [3.05, 3.63) is 36.4 Å². The Hall–Kier alpha value is -2.28. The van der Waals surface area contributed by atoms with Crippen LogP contribution >= 0.6 is 0 Å². The van der Waals surface area contributed by atoms with Crippen LogP contribution in [0.5, 0.6) is 0 Å². The number of sulfone groups is 1. The number of nitrogens with zero attached hydrogens (tertiary/aromatic N) is 2. The minimum absolute atomic E-state index is 0.0139. The molecule has 2 aromatic rings. The Bertz CT molecular complexity index is 786. The first kappa shape index (κ1) is 17.1. The number of nitrogens with one attached hydrogen (secondary N) is 1. The molecule has 0 saturated heterocycles. The van der Waals surface area contributed by atoms with Crippen molar-refractivity contribution >= 4 is 21.4 Å².